The van der Waals surface area contributed by atoms with Crippen LogP contribution in [0.1, 0.15) is 26.7 Å². The van der Waals surface area contributed by atoms with Gasteiger partial charge in [0, 0.05) is 18.3 Å². The molecule has 1 atom stereocenters. The first-order chi connectivity index (χ1) is 9.49. The predicted octanol–water partition coefficient (Wildman–Crippen LogP) is 2.18. The molecule has 0 aliphatic rings. The Balaban J connectivity index is 2.84. The molecule has 0 unspecified atom stereocenters. The predicted molar refractivity (Wildman–Crippen MR) is 76.0 cm³/mol. The van der Waals surface area contributed by atoms with Gasteiger partial charge in [-0.1, -0.05) is 19.4 Å². The highest BCUT2D eigenvalue weighted by molar-refractivity contribution is 5.94. The smallest absolute Gasteiger partial charge is 0.326 e. The van der Waals surface area contributed by atoms with Crippen LogP contribution in [0.5, 0.6) is 5.75 Å². The van der Waals surface area contributed by atoms with Crippen LogP contribution in [0.4, 0.5) is 10.5 Å². The normalized spacial score (nSPS) is 11.7. The van der Waals surface area contributed by atoms with Crippen LogP contribution in [-0.2, 0) is 4.79 Å². The zero-order valence-electron chi connectivity index (χ0n) is 11.7. The molecule has 6 nitrogen and oxygen atoms in total. The maximum atomic E-state index is 12.1. The number of amides is 2. The number of urea groups is 1. The minimum absolute atomic E-state index is 0.0529. The summed E-state index contributed by atoms with van der Waals surface area (Å²) >= 11 is 0. The number of anilines is 1. The highest BCUT2D eigenvalue weighted by atomic mass is 16.4. The lowest BCUT2D eigenvalue weighted by Gasteiger charge is -2.24. The number of rotatable bonds is 6. The second-order valence-corrected chi connectivity index (χ2v) is 4.39. The number of carbonyl (C=O) groups excluding carboxylic acids is 1. The molecule has 0 fully saturated rings. The molecule has 1 rings (SSSR count). The van der Waals surface area contributed by atoms with Crippen LogP contribution in [0, 0.1) is 0 Å². The highest BCUT2D eigenvalue weighted by Crippen LogP contribution is 2.20. The van der Waals surface area contributed by atoms with Gasteiger partial charge in [0.05, 0.1) is 0 Å². The van der Waals surface area contributed by atoms with Crippen LogP contribution in [0.2, 0.25) is 0 Å². The van der Waals surface area contributed by atoms with Gasteiger partial charge in [-0.05, 0) is 25.5 Å². The van der Waals surface area contributed by atoms with E-state index in [4.69, 9.17) is 5.11 Å². The monoisotopic (exact) mass is 280 g/mol. The molecule has 0 spiro atoms. The topological polar surface area (TPSA) is 89.9 Å². The Hall–Kier alpha value is -2.24. The third-order valence-electron chi connectivity index (χ3n) is 2.88. The van der Waals surface area contributed by atoms with Gasteiger partial charge in [0.25, 0.3) is 0 Å². The lowest BCUT2D eigenvalue weighted by molar-refractivity contribution is -0.139. The van der Waals surface area contributed by atoms with Crippen molar-refractivity contribution < 1.29 is 19.8 Å². The van der Waals surface area contributed by atoms with E-state index in [-0.39, 0.29) is 5.75 Å². The molecular weight excluding hydrogens is 260 g/mol. The summed E-state index contributed by atoms with van der Waals surface area (Å²) in [6.07, 6.45) is 1.04. The Morgan fingerprint density at radius 3 is 2.55 bits per heavy atom. The molecule has 110 valence electrons. The number of nitrogens with one attached hydrogen (secondary N) is 1. The molecule has 0 radical (unpaired) electrons. The van der Waals surface area contributed by atoms with E-state index >= 15 is 0 Å². The van der Waals surface area contributed by atoms with Crippen molar-refractivity contribution in [2.75, 3.05) is 11.4 Å². The molecule has 3 N–H and O–H groups in total. The lowest BCUT2D eigenvalue weighted by atomic mass is 10.2. The van der Waals surface area contributed by atoms with Crippen molar-refractivity contribution in [3.05, 3.63) is 24.3 Å². The van der Waals surface area contributed by atoms with Gasteiger partial charge >= 0.3 is 12.0 Å². The van der Waals surface area contributed by atoms with E-state index in [0.717, 1.165) is 0 Å². The SMILES string of the molecule is CCC[C@@H](NC(=O)N(CC)c1cccc(O)c1)C(=O)O. The van der Waals surface area contributed by atoms with Gasteiger partial charge in [0.2, 0.25) is 0 Å². The Morgan fingerprint density at radius 2 is 2.05 bits per heavy atom. The fraction of sp³-hybridized carbons (Fsp3) is 0.429. The zero-order valence-corrected chi connectivity index (χ0v) is 11.7. The zero-order chi connectivity index (χ0) is 15.1. The molecule has 0 saturated heterocycles. The number of phenolic OH excluding ortho intramolecular Hbond substituents is 1. The van der Waals surface area contributed by atoms with Gasteiger partial charge in [0.15, 0.2) is 0 Å². The van der Waals surface area contributed by atoms with Crippen LogP contribution >= 0.6 is 0 Å². The number of carbonyl (C=O) groups is 2. The molecule has 1 aromatic rings. The van der Waals surface area contributed by atoms with Crippen molar-refractivity contribution in [3.8, 4) is 5.75 Å². The number of nitrogens with zero attached hydrogens (tertiary/aromatic N) is 1. The first kappa shape index (κ1) is 15.8. The van der Waals surface area contributed by atoms with Crippen LogP contribution in [0.15, 0.2) is 24.3 Å². The lowest BCUT2D eigenvalue weighted by Crippen LogP contribution is -2.48. The molecule has 20 heavy (non-hydrogen) atoms. The fourth-order valence-corrected chi connectivity index (χ4v) is 1.88. The fourth-order valence-electron chi connectivity index (χ4n) is 1.88. The Labute approximate surface area is 118 Å². The molecular formula is C14H20N2O4. The van der Waals surface area contributed by atoms with Gasteiger partial charge in [-0.25, -0.2) is 9.59 Å². The summed E-state index contributed by atoms with van der Waals surface area (Å²) in [4.78, 5) is 24.6. The largest absolute Gasteiger partial charge is 0.508 e. The molecule has 0 bridgehead atoms. The first-order valence-corrected chi connectivity index (χ1v) is 6.59. The quantitative estimate of drug-likeness (QED) is 0.745. The summed E-state index contributed by atoms with van der Waals surface area (Å²) in [6.45, 7) is 4.00. The third kappa shape index (κ3) is 4.15. The average molecular weight is 280 g/mol. The van der Waals surface area contributed by atoms with E-state index in [2.05, 4.69) is 5.32 Å². The number of carboxylic acids is 1. The van der Waals surface area contributed by atoms with E-state index in [9.17, 15) is 14.7 Å². The van der Waals surface area contributed by atoms with Crippen molar-refractivity contribution in [1.29, 1.82) is 0 Å². The van der Waals surface area contributed by atoms with E-state index < -0.39 is 18.0 Å². The Bertz CT molecular complexity index is 476. The first-order valence-electron chi connectivity index (χ1n) is 6.59. The van der Waals surface area contributed by atoms with Gasteiger partial charge in [-0.3, -0.25) is 4.90 Å². The van der Waals surface area contributed by atoms with Gasteiger partial charge < -0.3 is 15.5 Å². The van der Waals surface area contributed by atoms with Crippen molar-refractivity contribution in [1.82, 2.24) is 5.32 Å². The molecule has 0 aliphatic carbocycles. The molecule has 1 aromatic carbocycles. The summed E-state index contributed by atoms with van der Waals surface area (Å²) in [6, 6.07) is 4.88. The maximum absolute atomic E-state index is 12.1. The van der Waals surface area contributed by atoms with Crippen molar-refractivity contribution in [2.45, 2.75) is 32.7 Å². The van der Waals surface area contributed by atoms with Crippen LogP contribution < -0.4 is 10.2 Å². The van der Waals surface area contributed by atoms with E-state index in [1.54, 1.807) is 19.1 Å². The van der Waals surface area contributed by atoms with E-state index in [1.807, 2.05) is 6.92 Å². The van der Waals surface area contributed by atoms with Crippen molar-refractivity contribution in [2.24, 2.45) is 0 Å². The molecule has 6 heteroatoms. The van der Waals surface area contributed by atoms with Crippen LogP contribution in [-0.4, -0.2) is 34.8 Å². The van der Waals surface area contributed by atoms with Gasteiger partial charge in [-0.2, -0.15) is 0 Å². The number of carboxylic acid groups (broad SMARTS) is 1. The standard InChI is InChI=1S/C14H20N2O4/c1-3-6-12(13(18)19)15-14(20)16(4-2)10-7-5-8-11(17)9-10/h5,7-9,12,17H,3-4,6H2,1-2H3,(H,15,20)(H,18,19)/t12-/m1/s1. The highest BCUT2D eigenvalue weighted by Gasteiger charge is 2.22. The van der Waals surface area contributed by atoms with Gasteiger partial charge in [-0.15, -0.1) is 0 Å². The van der Waals surface area contributed by atoms with Crippen molar-refractivity contribution >= 4 is 17.7 Å². The van der Waals surface area contributed by atoms with Crippen LogP contribution in [0.3, 0.4) is 0 Å². The molecule has 0 heterocycles. The second-order valence-electron chi connectivity index (χ2n) is 4.39. The van der Waals surface area contributed by atoms with Gasteiger partial charge in [0.1, 0.15) is 11.8 Å². The Kier molecular flexibility index (Phi) is 5.83. The number of benzene rings is 1. The maximum Gasteiger partial charge on any atom is 0.326 e. The average Bonchev–Trinajstić information content (AvgIpc) is 2.39. The van der Waals surface area contributed by atoms with Crippen LogP contribution in [0.25, 0.3) is 0 Å². The van der Waals surface area contributed by atoms with E-state index in [0.29, 0.717) is 25.1 Å². The third-order valence-corrected chi connectivity index (χ3v) is 2.88. The minimum atomic E-state index is -1.05. The molecule has 0 aromatic heterocycles. The van der Waals surface area contributed by atoms with E-state index in [1.165, 1.54) is 17.0 Å². The Morgan fingerprint density at radius 1 is 1.35 bits per heavy atom. The number of aromatic hydroxyl groups is 1. The summed E-state index contributed by atoms with van der Waals surface area (Å²) in [5.74, 6) is -0.996. The summed E-state index contributed by atoms with van der Waals surface area (Å²) in [5, 5.41) is 21.0. The molecule has 2 amide bonds. The number of aliphatic carboxylic acids is 1. The summed E-state index contributed by atoms with van der Waals surface area (Å²) in [5.41, 5.74) is 0.519. The second kappa shape index (κ2) is 7.37. The molecule has 0 aliphatic heterocycles. The number of hydrogen-bond acceptors (Lipinski definition) is 3. The molecule has 0 saturated carbocycles. The van der Waals surface area contributed by atoms with Crippen molar-refractivity contribution in [3.63, 3.8) is 0 Å². The minimum Gasteiger partial charge on any atom is -0.508 e. The summed E-state index contributed by atoms with van der Waals surface area (Å²) < 4.78 is 0. The summed E-state index contributed by atoms with van der Waals surface area (Å²) in [7, 11) is 0. The number of phenols is 1. The number of hydrogen-bond donors (Lipinski definition) is 3.